The first-order chi connectivity index (χ1) is 9.81. The van der Waals surface area contributed by atoms with Crippen molar-refractivity contribution >= 4 is 23.5 Å². The van der Waals surface area contributed by atoms with Crippen LogP contribution in [0.1, 0.15) is 49.0 Å². The Morgan fingerprint density at radius 2 is 1.95 bits per heavy atom. The number of aliphatic carboxylic acids is 1. The summed E-state index contributed by atoms with van der Waals surface area (Å²) in [5.74, 6) is -1.28. The van der Waals surface area contributed by atoms with Gasteiger partial charge in [-0.15, -0.1) is 0 Å². The zero-order valence-corrected chi connectivity index (χ0v) is 13.4. The third-order valence-corrected chi connectivity index (χ3v) is 3.91. The maximum absolute atomic E-state index is 12.1. The molecule has 0 saturated heterocycles. The summed E-state index contributed by atoms with van der Waals surface area (Å²) in [6.45, 7) is 5.50. The Bertz CT molecular complexity index is 516. The molecule has 0 radical (unpaired) electrons. The number of amides is 1. The van der Waals surface area contributed by atoms with Gasteiger partial charge in [0.15, 0.2) is 0 Å². The molecule has 0 aromatic heterocycles. The highest BCUT2D eigenvalue weighted by Crippen LogP contribution is 2.17. The predicted molar refractivity (Wildman–Crippen MR) is 83.8 cm³/mol. The summed E-state index contributed by atoms with van der Waals surface area (Å²) in [4.78, 5) is 22.8. The van der Waals surface area contributed by atoms with Crippen LogP contribution in [0.5, 0.6) is 0 Å². The van der Waals surface area contributed by atoms with Crippen LogP contribution in [-0.4, -0.2) is 23.0 Å². The van der Waals surface area contributed by atoms with Crippen LogP contribution in [0.15, 0.2) is 18.2 Å². The molecule has 0 aliphatic rings. The smallest absolute Gasteiger partial charge is 0.306 e. The number of benzene rings is 1. The molecular weight excluding hydrogens is 290 g/mol. The van der Waals surface area contributed by atoms with Crippen LogP contribution in [0, 0.1) is 12.8 Å². The van der Waals surface area contributed by atoms with Gasteiger partial charge in [-0.25, -0.2) is 0 Å². The first-order valence-corrected chi connectivity index (χ1v) is 7.49. The predicted octanol–water partition coefficient (Wildman–Crippen LogP) is 3.66. The summed E-state index contributed by atoms with van der Waals surface area (Å²) in [5.41, 5.74) is 1.47. The second-order valence-electron chi connectivity index (χ2n) is 5.51. The van der Waals surface area contributed by atoms with Crippen LogP contribution in [0.3, 0.4) is 0 Å². The molecule has 21 heavy (non-hydrogen) atoms. The molecule has 0 fully saturated rings. The second-order valence-corrected chi connectivity index (χ2v) is 5.92. The van der Waals surface area contributed by atoms with E-state index < -0.39 is 5.97 Å². The van der Waals surface area contributed by atoms with E-state index in [0.717, 1.165) is 18.4 Å². The van der Waals surface area contributed by atoms with Crippen LogP contribution >= 0.6 is 11.6 Å². The first-order valence-electron chi connectivity index (χ1n) is 7.11. The van der Waals surface area contributed by atoms with E-state index in [4.69, 9.17) is 16.7 Å². The highest BCUT2D eigenvalue weighted by molar-refractivity contribution is 6.31. The molecule has 0 aliphatic heterocycles. The summed E-state index contributed by atoms with van der Waals surface area (Å²) in [6.07, 6.45) is 2.14. The molecule has 5 heteroatoms. The SMILES string of the molecule is Cc1ccc(C(=O)NC(C)CCCC(C)C(=O)O)cc1Cl. The van der Waals surface area contributed by atoms with Crippen molar-refractivity contribution in [3.05, 3.63) is 34.3 Å². The zero-order chi connectivity index (χ0) is 16.0. The zero-order valence-electron chi connectivity index (χ0n) is 12.6. The summed E-state index contributed by atoms with van der Waals surface area (Å²) in [5, 5.41) is 12.3. The molecule has 116 valence electrons. The minimum Gasteiger partial charge on any atom is -0.481 e. The third-order valence-electron chi connectivity index (χ3n) is 3.51. The molecular formula is C16H22ClNO3. The van der Waals surface area contributed by atoms with Gasteiger partial charge in [0.05, 0.1) is 5.92 Å². The summed E-state index contributed by atoms with van der Waals surface area (Å²) in [6, 6.07) is 5.22. The number of carbonyl (C=O) groups excluding carboxylic acids is 1. The van der Waals surface area contributed by atoms with E-state index in [0.29, 0.717) is 17.0 Å². The molecule has 1 aromatic rings. The van der Waals surface area contributed by atoms with Crippen molar-refractivity contribution < 1.29 is 14.7 Å². The Hall–Kier alpha value is -1.55. The van der Waals surface area contributed by atoms with E-state index in [-0.39, 0.29) is 17.9 Å². The Morgan fingerprint density at radius 3 is 2.52 bits per heavy atom. The quantitative estimate of drug-likeness (QED) is 0.807. The van der Waals surface area contributed by atoms with E-state index in [1.807, 2.05) is 19.9 Å². The molecule has 0 heterocycles. The van der Waals surface area contributed by atoms with E-state index in [2.05, 4.69) is 5.32 Å². The van der Waals surface area contributed by atoms with Crippen molar-refractivity contribution in [2.24, 2.45) is 5.92 Å². The number of carboxylic acids is 1. The van der Waals surface area contributed by atoms with Crippen molar-refractivity contribution in [1.29, 1.82) is 0 Å². The Kier molecular flexibility index (Phi) is 6.69. The van der Waals surface area contributed by atoms with Crippen LogP contribution in [0.25, 0.3) is 0 Å². The number of rotatable bonds is 7. The van der Waals surface area contributed by atoms with E-state index in [9.17, 15) is 9.59 Å². The van der Waals surface area contributed by atoms with Gasteiger partial charge in [0.25, 0.3) is 5.91 Å². The summed E-state index contributed by atoms with van der Waals surface area (Å²) in [7, 11) is 0. The lowest BCUT2D eigenvalue weighted by atomic mass is 10.0. The largest absolute Gasteiger partial charge is 0.481 e. The maximum atomic E-state index is 12.1. The number of halogens is 1. The van der Waals surface area contributed by atoms with Crippen LogP contribution < -0.4 is 5.32 Å². The van der Waals surface area contributed by atoms with Gasteiger partial charge in [0.1, 0.15) is 0 Å². The highest BCUT2D eigenvalue weighted by atomic mass is 35.5. The average Bonchev–Trinajstić information content (AvgIpc) is 2.41. The van der Waals surface area contributed by atoms with Gasteiger partial charge in [-0.3, -0.25) is 9.59 Å². The summed E-state index contributed by atoms with van der Waals surface area (Å²) >= 11 is 6.01. The van der Waals surface area contributed by atoms with Gasteiger partial charge in [0.2, 0.25) is 0 Å². The molecule has 0 bridgehead atoms. The van der Waals surface area contributed by atoms with Crippen LogP contribution in [0.4, 0.5) is 0 Å². The van der Waals surface area contributed by atoms with Crippen LogP contribution in [0.2, 0.25) is 5.02 Å². The molecule has 2 atom stereocenters. The topological polar surface area (TPSA) is 66.4 Å². The van der Waals surface area contributed by atoms with Gasteiger partial charge < -0.3 is 10.4 Å². The molecule has 1 rings (SSSR count). The standard InChI is InChI=1S/C16H22ClNO3/c1-10-7-8-13(9-14(10)17)15(19)18-12(3)6-4-5-11(2)16(20)21/h7-9,11-12H,4-6H2,1-3H3,(H,18,19)(H,20,21). The first kappa shape index (κ1) is 17.5. The Morgan fingerprint density at radius 1 is 1.29 bits per heavy atom. The van der Waals surface area contributed by atoms with Crippen LogP contribution in [-0.2, 0) is 4.79 Å². The van der Waals surface area contributed by atoms with Crippen molar-refractivity contribution in [2.75, 3.05) is 0 Å². The number of nitrogens with one attached hydrogen (secondary N) is 1. The Labute approximate surface area is 130 Å². The third kappa shape index (κ3) is 5.76. The molecule has 4 nitrogen and oxygen atoms in total. The normalized spacial score (nSPS) is 13.5. The van der Waals surface area contributed by atoms with Gasteiger partial charge >= 0.3 is 5.97 Å². The van der Waals surface area contributed by atoms with E-state index in [1.165, 1.54) is 0 Å². The van der Waals surface area contributed by atoms with Crippen molar-refractivity contribution in [3.63, 3.8) is 0 Å². The fraction of sp³-hybridized carbons (Fsp3) is 0.500. The van der Waals surface area contributed by atoms with Gasteiger partial charge in [0, 0.05) is 16.6 Å². The second kappa shape index (κ2) is 8.03. The monoisotopic (exact) mass is 311 g/mol. The molecule has 0 saturated carbocycles. The fourth-order valence-corrected chi connectivity index (χ4v) is 2.15. The Balaban J connectivity index is 2.43. The molecule has 0 spiro atoms. The number of carboxylic acid groups (broad SMARTS) is 1. The lowest BCUT2D eigenvalue weighted by Gasteiger charge is -2.15. The lowest BCUT2D eigenvalue weighted by Crippen LogP contribution is -2.32. The van der Waals surface area contributed by atoms with E-state index >= 15 is 0 Å². The van der Waals surface area contributed by atoms with Crippen molar-refractivity contribution in [2.45, 2.75) is 46.1 Å². The molecule has 0 aliphatic carbocycles. The minimum atomic E-state index is -0.777. The van der Waals surface area contributed by atoms with Gasteiger partial charge in [-0.1, -0.05) is 31.0 Å². The van der Waals surface area contributed by atoms with Gasteiger partial charge in [-0.2, -0.15) is 0 Å². The lowest BCUT2D eigenvalue weighted by molar-refractivity contribution is -0.141. The highest BCUT2D eigenvalue weighted by Gasteiger charge is 2.13. The molecule has 2 N–H and O–H groups in total. The number of carbonyl (C=O) groups is 2. The molecule has 1 aromatic carbocycles. The van der Waals surface area contributed by atoms with Crippen molar-refractivity contribution in [3.8, 4) is 0 Å². The molecule has 2 unspecified atom stereocenters. The summed E-state index contributed by atoms with van der Waals surface area (Å²) < 4.78 is 0. The number of hydrogen-bond acceptors (Lipinski definition) is 2. The molecule has 1 amide bonds. The maximum Gasteiger partial charge on any atom is 0.306 e. The number of aryl methyl sites for hydroxylation is 1. The van der Waals surface area contributed by atoms with E-state index in [1.54, 1.807) is 19.1 Å². The van der Waals surface area contributed by atoms with Gasteiger partial charge in [-0.05, 0) is 44.4 Å². The minimum absolute atomic E-state index is 0.00132. The van der Waals surface area contributed by atoms with Crippen molar-refractivity contribution in [1.82, 2.24) is 5.32 Å². The fourth-order valence-electron chi connectivity index (χ4n) is 1.97. The average molecular weight is 312 g/mol. The number of hydrogen-bond donors (Lipinski definition) is 2.